The van der Waals surface area contributed by atoms with Crippen molar-refractivity contribution in [2.75, 3.05) is 0 Å². The minimum Gasteiger partial charge on any atom is -0.287 e. The lowest BCUT2D eigenvalue weighted by atomic mass is 10.1. The number of alkyl halides is 2. The van der Waals surface area contributed by atoms with E-state index in [2.05, 4.69) is 15.9 Å². The van der Waals surface area contributed by atoms with Crippen LogP contribution in [0.3, 0.4) is 0 Å². The molecule has 0 atom stereocenters. The monoisotopic (exact) mass is 246 g/mol. The number of hydrogen-bond donors (Lipinski definition) is 0. The zero-order valence-electron chi connectivity index (χ0n) is 6.48. The molecule has 68 valence electrons. The largest absolute Gasteiger partial charge is 0.313 e. The van der Waals surface area contributed by atoms with E-state index >= 15 is 0 Å². The smallest absolute Gasteiger partial charge is 0.287 e. The number of halogens is 3. The third-order valence-electron chi connectivity index (χ3n) is 2.07. The fourth-order valence-electron chi connectivity index (χ4n) is 1.47. The fraction of sp³-hybridized carbons (Fsp3) is 0.222. The highest BCUT2D eigenvalue weighted by molar-refractivity contribution is 9.10. The number of Topliss-reactive ketones (excluding diaryl/α,β-unsaturated/α-hetero) is 1. The van der Waals surface area contributed by atoms with Crippen LogP contribution in [0, 0.1) is 0 Å². The molecule has 2 rings (SSSR count). The van der Waals surface area contributed by atoms with E-state index < -0.39 is 18.1 Å². The molecule has 0 spiro atoms. The molecule has 1 aliphatic carbocycles. The van der Waals surface area contributed by atoms with Crippen molar-refractivity contribution in [2.45, 2.75) is 12.3 Å². The van der Waals surface area contributed by atoms with Crippen LogP contribution in [-0.4, -0.2) is 11.7 Å². The van der Waals surface area contributed by atoms with Crippen LogP contribution in [0.1, 0.15) is 15.9 Å². The number of ketones is 1. The molecular weight excluding hydrogens is 242 g/mol. The minimum atomic E-state index is -3.22. The number of carbonyl (C=O) groups is 1. The van der Waals surface area contributed by atoms with Gasteiger partial charge in [0.25, 0.3) is 0 Å². The SMILES string of the molecule is O=C1c2c(Br)cccc2CC1(F)F. The van der Waals surface area contributed by atoms with Crippen molar-refractivity contribution < 1.29 is 13.6 Å². The molecule has 13 heavy (non-hydrogen) atoms. The van der Waals surface area contributed by atoms with Crippen molar-refractivity contribution in [3.05, 3.63) is 33.8 Å². The number of hydrogen-bond acceptors (Lipinski definition) is 1. The van der Waals surface area contributed by atoms with Gasteiger partial charge in [-0.3, -0.25) is 4.79 Å². The highest BCUT2D eigenvalue weighted by Gasteiger charge is 2.47. The van der Waals surface area contributed by atoms with Crippen LogP contribution in [0.4, 0.5) is 8.78 Å². The lowest BCUT2D eigenvalue weighted by molar-refractivity contribution is 0.0167. The van der Waals surface area contributed by atoms with Crippen LogP contribution in [-0.2, 0) is 6.42 Å². The summed E-state index contributed by atoms with van der Waals surface area (Å²) in [5.41, 5.74) is 0.553. The first-order valence-corrected chi connectivity index (χ1v) is 4.52. The zero-order valence-corrected chi connectivity index (χ0v) is 8.07. The Kier molecular flexibility index (Phi) is 1.77. The highest BCUT2D eigenvalue weighted by atomic mass is 79.9. The summed E-state index contributed by atoms with van der Waals surface area (Å²) in [7, 11) is 0. The topological polar surface area (TPSA) is 17.1 Å². The Morgan fingerprint density at radius 2 is 2.08 bits per heavy atom. The lowest BCUT2D eigenvalue weighted by Gasteiger charge is -2.03. The molecule has 0 saturated carbocycles. The van der Waals surface area contributed by atoms with Crippen LogP contribution in [0.2, 0.25) is 0 Å². The number of benzene rings is 1. The van der Waals surface area contributed by atoms with Gasteiger partial charge in [-0.15, -0.1) is 0 Å². The second-order valence-corrected chi connectivity index (χ2v) is 3.84. The lowest BCUT2D eigenvalue weighted by Crippen LogP contribution is -2.23. The Hall–Kier alpha value is -0.770. The molecule has 0 saturated heterocycles. The van der Waals surface area contributed by atoms with E-state index in [0.717, 1.165) is 0 Å². The molecule has 0 amide bonds. The maximum Gasteiger partial charge on any atom is 0.313 e. The molecule has 1 aromatic rings. The van der Waals surface area contributed by atoms with Gasteiger partial charge in [0.15, 0.2) is 0 Å². The number of carbonyl (C=O) groups excluding carboxylic acids is 1. The zero-order chi connectivity index (χ0) is 9.64. The van der Waals surface area contributed by atoms with Gasteiger partial charge in [-0.25, -0.2) is 0 Å². The van der Waals surface area contributed by atoms with E-state index in [1.54, 1.807) is 18.2 Å². The van der Waals surface area contributed by atoms with E-state index in [9.17, 15) is 13.6 Å². The molecule has 1 aliphatic rings. The summed E-state index contributed by atoms with van der Waals surface area (Å²) in [5.74, 6) is -4.29. The summed E-state index contributed by atoms with van der Waals surface area (Å²) in [4.78, 5) is 11.2. The summed E-state index contributed by atoms with van der Waals surface area (Å²) in [6.45, 7) is 0. The standard InChI is InChI=1S/C9H5BrF2O/c10-6-3-1-2-5-4-9(11,12)8(13)7(5)6/h1-3H,4H2. The Morgan fingerprint density at radius 1 is 1.38 bits per heavy atom. The van der Waals surface area contributed by atoms with Gasteiger partial charge in [0, 0.05) is 16.5 Å². The first-order chi connectivity index (χ1) is 6.02. The third-order valence-corrected chi connectivity index (χ3v) is 2.73. The highest BCUT2D eigenvalue weighted by Crippen LogP contribution is 2.37. The van der Waals surface area contributed by atoms with Gasteiger partial charge in [-0.1, -0.05) is 28.1 Å². The van der Waals surface area contributed by atoms with Gasteiger partial charge in [0.05, 0.1) is 0 Å². The van der Waals surface area contributed by atoms with Crippen molar-refractivity contribution in [3.8, 4) is 0 Å². The van der Waals surface area contributed by atoms with Crippen molar-refractivity contribution >= 4 is 21.7 Å². The Bertz CT molecular complexity index is 387. The first kappa shape index (κ1) is 8.81. The Labute approximate surface area is 81.9 Å². The van der Waals surface area contributed by atoms with Gasteiger partial charge in [0.2, 0.25) is 5.78 Å². The number of rotatable bonds is 0. The molecule has 1 aromatic carbocycles. The third kappa shape index (κ3) is 1.20. The molecule has 0 aliphatic heterocycles. The van der Waals surface area contributed by atoms with Gasteiger partial charge in [-0.2, -0.15) is 8.78 Å². The molecular formula is C9H5BrF2O. The fourth-order valence-corrected chi connectivity index (χ4v) is 2.06. The molecule has 1 nitrogen and oxygen atoms in total. The molecule has 0 N–H and O–H groups in total. The Morgan fingerprint density at radius 3 is 2.69 bits per heavy atom. The van der Waals surface area contributed by atoms with Crippen molar-refractivity contribution in [1.82, 2.24) is 0 Å². The van der Waals surface area contributed by atoms with Crippen LogP contribution >= 0.6 is 15.9 Å². The normalized spacial score (nSPS) is 18.8. The second-order valence-electron chi connectivity index (χ2n) is 2.98. The van der Waals surface area contributed by atoms with Gasteiger partial charge in [-0.05, 0) is 11.6 Å². The van der Waals surface area contributed by atoms with E-state index in [4.69, 9.17) is 0 Å². The second kappa shape index (κ2) is 2.61. The van der Waals surface area contributed by atoms with E-state index in [-0.39, 0.29) is 5.56 Å². The van der Waals surface area contributed by atoms with Gasteiger partial charge >= 0.3 is 5.92 Å². The van der Waals surface area contributed by atoms with Gasteiger partial charge < -0.3 is 0 Å². The predicted octanol–water partition coefficient (Wildman–Crippen LogP) is 2.82. The van der Waals surface area contributed by atoms with Crippen molar-refractivity contribution in [2.24, 2.45) is 0 Å². The summed E-state index contributed by atoms with van der Waals surface area (Å²) >= 11 is 3.09. The summed E-state index contributed by atoms with van der Waals surface area (Å²) in [6, 6.07) is 4.80. The first-order valence-electron chi connectivity index (χ1n) is 3.72. The molecule has 0 heterocycles. The van der Waals surface area contributed by atoms with Crippen LogP contribution in [0.15, 0.2) is 22.7 Å². The van der Waals surface area contributed by atoms with E-state index in [1.807, 2.05) is 0 Å². The minimum absolute atomic E-state index is 0.132. The molecule has 4 heteroatoms. The van der Waals surface area contributed by atoms with E-state index in [0.29, 0.717) is 10.0 Å². The average Bonchev–Trinajstić information content (AvgIpc) is 2.24. The summed E-state index contributed by atoms with van der Waals surface area (Å²) in [6.07, 6.45) is -0.472. The average molecular weight is 247 g/mol. The molecule has 0 bridgehead atoms. The van der Waals surface area contributed by atoms with Crippen molar-refractivity contribution in [3.63, 3.8) is 0 Å². The van der Waals surface area contributed by atoms with E-state index in [1.165, 1.54) is 0 Å². The van der Waals surface area contributed by atoms with Crippen LogP contribution in [0.5, 0.6) is 0 Å². The molecule has 0 aromatic heterocycles. The maximum absolute atomic E-state index is 12.9. The summed E-state index contributed by atoms with van der Waals surface area (Å²) < 4.78 is 26.3. The van der Waals surface area contributed by atoms with Crippen LogP contribution < -0.4 is 0 Å². The summed E-state index contributed by atoms with van der Waals surface area (Å²) in [5, 5.41) is 0. The van der Waals surface area contributed by atoms with Crippen molar-refractivity contribution in [1.29, 1.82) is 0 Å². The quantitative estimate of drug-likeness (QED) is 0.688. The maximum atomic E-state index is 12.9. The molecule has 0 fully saturated rings. The molecule has 0 unspecified atom stereocenters. The predicted molar refractivity (Wildman–Crippen MR) is 47.1 cm³/mol. The Balaban J connectivity index is 2.64. The number of fused-ring (bicyclic) bond motifs is 1. The van der Waals surface area contributed by atoms with Gasteiger partial charge in [0.1, 0.15) is 0 Å². The van der Waals surface area contributed by atoms with Crippen LogP contribution in [0.25, 0.3) is 0 Å². The molecule has 0 radical (unpaired) electrons.